The third kappa shape index (κ3) is 5.92. The highest BCUT2D eigenvalue weighted by molar-refractivity contribution is 8.00. The van der Waals surface area contributed by atoms with E-state index in [0.29, 0.717) is 18.8 Å². The Morgan fingerprint density at radius 1 is 1.38 bits per heavy atom. The van der Waals surface area contributed by atoms with Gasteiger partial charge in [-0.1, -0.05) is 0 Å². The van der Waals surface area contributed by atoms with Crippen LogP contribution in [0.4, 0.5) is 0 Å². The van der Waals surface area contributed by atoms with Crippen LogP contribution >= 0.6 is 11.8 Å². The normalized spacial score (nSPS) is 21.6. The number of nitrogens with zero attached hydrogens (tertiary/aromatic N) is 1. The first kappa shape index (κ1) is 17.8. The Balaban J connectivity index is 2.45. The third-order valence-electron chi connectivity index (χ3n) is 3.31. The second-order valence-electron chi connectivity index (χ2n) is 4.77. The van der Waals surface area contributed by atoms with Crippen molar-refractivity contribution in [2.75, 3.05) is 25.9 Å². The van der Waals surface area contributed by atoms with E-state index in [0.717, 1.165) is 0 Å². The van der Waals surface area contributed by atoms with Crippen molar-refractivity contribution in [3.63, 3.8) is 0 Å². The lowest BCUT2D eigenvalue weighted by Gasteiger charge is -2.31. The Bertz CT molecular complexity index is 388. The van der Waals surface area contributed by atoms with E-state index in [9.17, 15) is 14.4 Å². The molecule has 0 aromatic rings. The van der Waals surface area contributed by atoms with Gasteiger partial charge in [0.25, 0.3) is 0 Å². The lowest BCUT2D eigenvalue weighted by atomic mass is 10.1. The average molecular weight is 316 g/mol. The summed E-state index contributed by atoms with van der Waals surface area (Å²) in [5.41, 5.74) is -0.333. The lowest BCUT2D eigenvalue weighted by molar-refractivity contribution is -0.128. The summed E-state index contributed by atoms with van der Waals surface area (Å²) in [6.45, 7) is 5.23. The molecule has 1 saturated heterocycles. The summed E-state index contributed by atoms with van der Waals surface area (Å²) in [6, 6.07) is -0.195. The monoisotopic (exact) mass is 316 g/mol. The average Bonchev–Trinajstić information content (AvgIpc) is 2.45. The van der Waals surface area contributed by atoms with Gasteiger partial charge >= 0.3 is 0 Å². The standard InChI is InChI=1S/C13H24N4O3S/c1-4-17(5-2)12(20)8-21-13-15-9(6-10(18)14-3)7-11(19)16-13/h9,13,15H,4-8H2,1-3H3,(H,14,18)(H,16,19). The Hall–Kier alpha value is -1.28. The smallest absolute Gasteiger partial charge is 0.232 e. The molecule has 0 spiro atoms. The maximum absolute atomic E-state index is 11.9. The van der Waals surface area contributed by atoms with Crippen molar-refractivity contribution in [3.05, 3.63) is 0 Å². The molecule has 3 N–H and O–H groups in total. The van der Waals surface area contributed by atoms with Gasteiger partial charge in [-0.05, 0) is 13.8 Å². The fourth-order valence-electron chi connectivity index (χ4n) is 2.11. The van der Waals surface area contributed by atoms with E-state index in [-0.39, 0.29) is 42.1 Å². The number of amides is 3. The number of nitrogens with one attached hydrogen (secondary N) is 3. The van der Waals surface area contributed by atoms with E-state index in [1.165, 1.54) is 11.8 Å². The minimum Gasteiger partial charge on any atom is -0.359 e. The SMILES string of the molecule is CCN(CC)C(=O)CSC1NC(=O)CC(CC(=O)NC)N1. The fraction of sp³-hybridized carbons (Fsp3) is 0.769. The van der Waals surface area contributed by atoms with E-state index < -0.39 is 0 Å². The topological polar surface area (TPSA) is 90.5 Å². The number of carbonyl (C=O) groups is 3. The number of thioether (sulfide) groups is 1. The fourth-order valence-corrected chi connectivity index (χ4v) is 3.11. The predicted octanol–water partition coefficient (Wildman–Crippen LogP) is -0.514. The number of hydrogen-bond donors (Lipinski definition) is 3. The van der Waals surface area contributed by atoms with Crippen LogP contribution in [0.3, 0.4) is 0 Å². The molecule has 1 aliphatic heterocycles. The molecule has 3 amide bonds. The zero-order chi connectivity index (χ0) is 15.8. The van der Waals surface area contributed by atoms with Crippen molar-refractivity contribution in [1.29, 1.82) is 0 Å². The van der Waals surface area contributed by atoms with E-state index in [4.69, 9.17) is 0 Å². The molecule has 0 aromatic carbocycles. The quantitative estimate of drug-likeness (QED) is 0.588. The van der Waals surface area contributed by atoms with Gasteiger partial charge in [0.05, 0.1) is 5.75 Å². The summed E-state index contributed by atoms with van der Waals surface area (Å²) in [5.74, 6) is 0.141. The molecule has 0 radical (unpaired) electrons. The molecule has 1 aliphatic rings. The molecule has 21 heavy (non-hydrogen) atoms. The van der Waals surface area contributed by atoms with Gasteiger partial charge in [-0.3, -0.25) is 19.7 Å². The van der Waals surface area contributed by atoms with Gasteiger partial charge in [0.2, 0.25) is 17.7 Å². The summed E-state index contributed by atoms with van der Waals surface area (Å²) in [4.78, 5) is 36.7. The molecule has 0 saturated carbocycles. The summed E-state index contributed by atoms with van der Waals surface area (Å²) in [5, 5.41) is 8.50. The molecule has 7 nitrogen and oxygen atoms in total. The highest BCUT2D eigenvalue weighted by Crippen LogP contribution is 2.14. The zero-order valence-electron chi connectivity index (χ0n) is 12.8. The molecule has 8 heteroatoms. The predicted molar refractivity (Wildman–Crippen MR) is 82.5 cm³/mol. The Kier molecular flexibility index (Phi) is 7.52. The van der Waals surface area contributed by atoms with Gasteiger partial charge in [-0.2, -0.15) is 0 Å². The maximum atomic E-state index is 11.9. The molecular weight excluding hydrogens is 292 g/mol. The van der Waals surface area contributed by atoms with Crippen molar-refractivity contribution >= 4 is 29.5 Å². The maximum Gasteiger partial charge on any atom is 0.232 e. The van der Waals surface area contributed by atoms with E-state index in [1.807, 2.05) is 13.8 Å². The summed E-state index contributed by atoms with van der Waals surface area (Å²) in [7, 11) is 1.57. The van der Waals surface area contributed by atoms with Crippen LogP contribution in [0, 0.1) is 0 Å². The number of hydrogen-bond acceptors (Lipinski definition) is 5. The summed E-state index contributed by atoms with van der Waals surface area (Å²) < 4.78 is 0. The molecule has 2 unspecified atom stereocenters. The second-order valence-corrected chi connectivity index (χ2v) is 5.86. The molecule has 0 aliphatic carbocycles. The summed E-state index contributed by atoms with van der Waals surface area (Å²) >= 11 is 1.34. The van der Waals surface area contributed by atoms with Gasteiger partial charge in [0.15, 0.2) is 0 Å². The van der Waals surface area contributed by atoms with Crippen LogP contribution < -0.4 is 16.0 Å². The van der Waals surface area contributed by atoms with Crippen LogP contribution in [-0.4, -0.2) is 60.1 Å². The van der Waals surface area contributed by atoms with Crippen LogP contribution in [0.1, 0.15) is 26.7 Å². The Labute approximate surface area is 129 Å². The Morgan fingerprint density at radius 3 is 2.62 bits per heavy atom. The van der Waals surface area contributed by atoms with Crippen LogP contribution in [-0.2, 0) is 14.4 Å². The highest BCUT2D eigenvalue weighted by Gasteiger charge is 2.28. The molecule has 1 rings (SSSR count). The summed E-state index contributed by atoms with van der Waals surface area (Å²) in [6.07, 6.45) is 0.527. The molecule has 1 fully saturated rings. The van der Waals surface area contributed by atoms with Gasteiger partial charge in [0.1, 0.15) is 5.50 Å². The molecule has 0 aromatic heterocycles. The molecule has 0 bridgehead atoms. The lowest BCUT2D eigenvalue weighted by Crippen LogP contribution is -2.56. The van der Waals surface area contributed by atoms with Crippen LogP contribution in [0.25, 0.3) is 0 Å². The molecule has 120 valence electrons. The largest absolute Gasteiger partial charge is 0.359 e. The van der Waals surface area contributed by atoms with Crippen LogP contribution in [0.2, 0.25) is 0 Å². The zero-order valence-corrected chi connectivity index (χ0v) is 13.6. The molecule has 1 heterocycles. The molecule has 2 atom stereocenters. The van der Waals surface area contributed by atoms with Gasteiger partial charge < -0.3 is 15.5 Å². The highest BCUT2D eigenvalue weighted by atomic mass is 32.2. The van der Waals surface area contributed by atoms with Crippen molar-refractivity contribution in [2.45, 2.75) is 38.2 Å². The second kappa shape index (κ2) is 8.89. The Morgan fingerprint density at radius 2 is 2.05 bits per heavy atom. The first-order valence-corrected chi connectivity index (χ1v) is 8.20. The van der Waals surface area contributed by atoms with Gasteiger partial charge in [-0.25, -0.2) is 0 Å². The minimum atomic E-state index is -0.333. The first-order chi connectivity index (χ1) is 9.99. The van der Waals surface area contributed by atoms with Gasteiger partial charge in [0, 0.05) is 39.0 Å². The van der Waals surface area contributed by atoms with Gasteiger partial charge in [-0.15, -0.1) is 11.8 Å². The van der Waals surface area contributed by atoms with Crippen molar-refractivity contribution in [1.82, 2.24) is 20.9 Å². The van der Waals surface area contributed by atoms with Crippen molar-refractivity contribution in [3.8, 4) is 0 Å². The van der Waals surface area contributed by atoms with E-state index in [1.54, 1.807) is 11.9 Å². The van der Waals surface area contributed by atoms with E-state index in [2.05, 4.69) is 16.0 Å². The van der Waals surface area contributed by atoms with Crippen LogP contribution in [0.5, 0.6) is 0 Å². The number of rotatable bonds is 7. The van der Waals surface area contributed by atoms with E-state index >= 15 is 0 Å². The van der Waals surface area contributed by atoms with Crippen LogP contribution in [0.15, 0.2) is 0 Å². The molecular formula is C13H24N4O3S. The first-order valence-electron chi connectivity index (χ1n) is 7.15. The van der Waals surface area contributed by atoms with Crippen molar-refractivity contribution < 1.29 is 14.4 Å². The third-order valence-corrected chi connectivity index (χ3v) is 4.31. The minimum absolute atomic E-state index is 0.0504. The van der Waals surface area contributed by atoms with Crippen molar-refractivity contribution in [2.24, 2.45) is 0 Å². The number of carbonyl (C=O) groups excluding carboxylic acids is 3.